The number of alkyl halides is 3. The molecule has 0 aliphatic rings. The van der Waals surface area contributed by atoms with Gasteiger partial charge in [0, 0.05) is 35.1 Å². The lowest BCUT2D eigenvalue weighted by Crippen LogP contribution is -2.20. The third kappa shape index (κ3) is 4.08. The molecular formula is C22H16F3N3O3. The number of aliphatic hydroxyl groups excluding tert-OH is 1. The van der Waals surface area contributed by atoms with Crippen molar-refractivity contribution in [3.63, 3.8) is 0 Å². The number of aromatic nitrogens is 2. The van der Waals surface area contributed by atoms with Gasteiger partial charge in [-0.05, 0) is 36.4 Å². The number of aliphatic hydroxyl groups is 1. The lowest BCUT2D eigenvalue weighted by molar-refractivity contribution is -0.137. The van der Waals surface area contributed by atoms with E-state index in [4.69, 9.17) is 10.5 Å². The zero-order valence-corrected chi connectivity index (χ0v) is 15.9. The summed E-state index contributed by atoms with van der Waals surface area (Å²) in [6.45, 7) is 0. The Morgan fingerprint density at radius 2 is 1.77 bits per heavy atom. The van der Waals surface area contributed by atoms with Crippen LogP contribution in [-0.2, 0) is 11.0 Å². The van der Waals surface area contributed by atoms with Crippen LogP contribution >= 0.6 is 0 Å². The molecule has 0 saturated carbocycles. The number of benzene rings is 2. The molecule has 0 aliphatic heterocycles. The number of nitrogens with two attached hydrogens (primary N) is 1. The fourth-order valence-corrected chi connectivity index (χ4v) is 3.19. The van der Waals surface area contributed by atoms with Crippen LogP contribution in [0.1, 0.15) is 17.2 Å². The maximum absolute atomic E-state index is 12.6. The average Bonchev–Trinajstić information content (AvgIpc) is 3.13. The molecule has 4 aromatic rings. The van der Waals surface area contributed by atoms with Crippen LogP contribution in [0.25, 0.3) is 16.6 Å². The molecule has 0 bridgehead atoms. The number of para-hydroxylation sites is 1. The molecule has 2 aromatic heterocycles. The highest BCUT2D eigenvalue weighted by Gasteiger charge is 2.30. The second-order valence-electron chi connectivity index (χ2n) is 6.76. The second kappa shape index (κ2) is 7.77. The van der Waals surface area contributed by atoms with Crippen LogP contribution in [0.5, 0.6) is 11.6 Å². The number of hydrogen-bond acceptors (Lipinski definition) is 4. The molecule has 2 heterocycles. The Bertz CT molecular complexity index is 1230. The van der Waals surface area contributed by atoms with Crippen molar-refractivity contribution in [1.82, 2.24) is 9.55 Å². The smallest absolute Gasteiger partial charge is 0.417 e. The van der Waals surface area contributed by atoms with E-state index < -0.39 is 23.8 Å². The topological polar surface area (TPSA) is 90.4 Å². The van der Waals surface area contributed by atoms with Crippen LogP contribution in [0.15, 0.2) is 73.1 Å². The fourth-order valence-electron chi connectivity index (χ4n) is 3.19. The van der Waals surface area contributed by atoms with E-state index in [-0.39, 0.29) is 5.88 Å². The van der Waals surface area contributed by atoms with Gasteiger partial charge in [0.2, 0.25) is 5.88 Å². The number of primary amides is 1. The number of carbonyl (C=O) groups is 1. The summed E-state index contributed by atoms with van der Waals surface area (Å²) in [5.41, 5.74) is 6.25. The first-order valence-corrected chi connectivity index (χ1v) is 9.13. The highest BCUT2D eigenvalue weighted by molar-refractivity contribution is 5.91. The van der Waals surface area contributed by atoms with E-state index in [0.717, 1.165) is 17.6 Å². The third-order valence-electron chi connectivity index (χ3n) is 4.71. The predicted octanol–water partition coefficient (Wildman–Crippen LogP) is 4.36. The predicted molar refractivity (Wildman–Crippen MR) is 107 cm³/mol. The zero-order chi connectivity index (χ0) is 22.2. The standard InChI is InChI=1S/C22H16F3N3O3/c23-22(24,25)13-5-10-19(27-11-13)31-15-8-6-14(7-9-15)28-12-17(20(29)21(26)30)16-3-1-2-4-18(16)28/h1-12,20,29H,(H2,26,30). The minimum atomic E-state index is -4.46. The summed E-state index contributed by atoms with van der Waals surface area (Å²) in [5.74, 6) is -0.445. The maximum atomic E-state index is 12.6. The molecule has 0 aliphatic carbocycles. The summed E-state index contributed by atoms with van der Waals surface area (Å²) in [6.07, 6.45) is -3.57. The number of pyridine rings is 1. The molecule has 1 atom stereocenters. The Balaban J connectivity index is 1.61. The van der Waals surface area contributed by atoms with Crippen molar-refractivity contribution in [2.75, 3.05) is 0 Å². The molecule has 6 nitrogen and oxygen atoms in total. The second-order valence-corrected chi connectivity index (χ2v) is 6.76. The number of fused-ring (bicyclic) bond motifs is 1. The van der Waals surface area contributed by atoms with Crippen LogP contribution in [0.2, 0.25) is 0 Å². The number of hydrogen-bond donors (Lipinski definition) is 2. The summed E-state index contributed by atoms with van der Waals surface area (Å²) < 4.78 is 45.2. The van der Waals surface area contributed by atoms with Gasteiger partial charge in [0.05, 0.1) is 11.1 Å². The highest BCUT2D eigenvalue weighted by Crippen LogP contribution is 2.32. The molecule has 3 N–H and O–H groups in total. The Labute approximate surface area is 174 Å². The van der Waals surface area contributed by atoms with Crippen LogP contribution in [0.4, 0.5) is 13.2 Å². The van der Waals surface area contributed by atoms with E-state index in [1.54, 1.807) is 47.2 Å². The van der Waals surface area contributed by atoms with Gasteiger partial charge in [0.15, 0.2) is 6.10 Å². The Morgan fingerprint density at radius 3 is 2.39 bits per heavy atom. The largest absolute Gasteiger partial charge is 0.439 e. The van der Waals surface area contributed by atoms with E-state index in [1.165, 1.54) is 0 Å². The summed E-state index contributed by atoms with van der Waals surface area (Å²) in [4.78, 5) is 15.1. The number of carbonyl (C=O) groups excluding carboxylic acids is 1. The molecule has 4 rings (SSSR count). The van der Waals surface area contributed by atoms with Gasteiger partial charge in [0.25, 0.3) is 5.91 Å². The van der Waals surface area contributed by atoms with Gasteiger partial charge in [-0.3, -0.25) is 4.79 Å². The molecule has 0 spiro atoms. The van der Waals surface area contributed by atoms with Crippen molar-refractivity contribution in [3.05, 3.63) is 84.2 Å². The average molecular weight is 427 g/mol. The normalized spacial score (nSPS) is 12.6. The van der Waals surface area contributed by atoms with E-state index in [9.17, 15) is 23.1 Å². The van der Waals surface area contributed by atoms with Crippen molar-refractivity contribution in [1.29, 1.82) is 0 Å². The van der Waals surface area contributed by atoms with E-state index in [1.807, 2.05) is 12.1 Å². The number of nitrogens with zero attached hydrogens (tertiary/aromatic N) is 2. The highest BCUT2D eigenvalue weighted by atomic mass is 19.4. The molecule has 1 unspecified atom stereocenters. The molecule has 0 fully saturated rings. The van der Waals surface area contributed by atoms with Crippen molar-refractivity contribution in [2.24, 2.45) is 5.73 Å². The molecule has 9 heteroatoms. The van der Waals surface area contributed by atoms with E-state index in [0.29, 0.717) is 28.6 Å². The molecule has 2 aromatic carbocycles. The summed E-state index contributed by atoms with van der Waals surface area (Å²) in [7, 11) is 0. The SMILES string of the molecule is NC(=O)C(O)c1cn(-c2ccc(Oc3ccc(C(F)(F)F)cn3)cc2)c2ccccc12. The Morgan fingerprint density at radius 1 is 1.06 bits per heavy atom. The van der Waals surface area contributed by atoms with Gasteiger partial charge < -0.3 is 20.1 Å². The van der Waals surface area contributed by atoms with Crippen LogP contribution in [-0.4, -0.2) is 20.6 Å². The van der Waals surface area contributed by atoms with E-state index >= 15 is 0 Å². The first-order valence-electron chi connectivity index (χ1n) is 9.13. The summed E-state index contributed by atoms with van der Waals surface area (Å²) in [6, 6.07) is 16.0. The van der Waals surface area contributed by atoms with Gasteiger partial charge in [-0.2, -0.15) is 13.2 Å². The van der Waals surface area contributed by atoms with Crippen LogP contribution < -0.4 is 10.5 Å². The first-order chi connectivity index (χ1) is 14.7. The van der Waals surface area contributed by atoms with Gasteiger partial charge >= 0.3 is 6.18 Å². The lowest BCUT2D eigenvalue weighted by Gasteiger charge is -2.09. The van der Waals surface area contributed by atoms with Crippen LogP contribution in [0, 0.1) is 0 Å². The van der Waals surface area contributed by atoms with Crippen molar-refractivity contribution in [2.45, 2.75) is 12.3 Å². The number of rotatable bonds is 5. The van der Waals surface area contributed by atoms with E-state index in [2.05, 4.69) is 4.98 Å². The Kier molecular flexibility index (Phi) is 5.12. The monoisotopic (exact) mass is 427 g/mol. The number of halogens is 3. The van der Waals surface area contributed by atoms with Gasteiger partial charge in [0.1, 0.15) is 5.75 Å². The quantitative estimate of drug-likeness (QED) is 0.495. The number of ether oxygens (including phenoxy) is 1. The zero-order valence-electron chi connectivity index (χ0n) is 15.9. The summed E-state index contributed by atoms with van der Waals surface area (Å²) >= 11 is 0. The van der Waals surface area contributed by atoms with Crippen molar-refractivity contribution >= 4 is 16.8 Å². The molecule has 158 valence electrons. The number of amides is 1. The van der Waals surface area contributed by atoms with Gasteiger partial charge in [-0.25, -0.2) is 4.98 Å². The molecular weight excluding hydrogens is 411 g/mol. The molecule has 0 saturated heterocycles. The van der Waals surface area contributed by atoms with Crippen molar-refractivity contribution in [3.8, 4) is 17.3 Å². The maximum Gasteiger partial charge on any atom is 0.417 e. The minimum absolute atomic E-state index is 0.0269. The third-order valence-corrected chi connectivity index (χ3v) is 4.71. The van der Waals surface area contributed by atoms with Crippen LogP contribution in [0.3, 0.4) is 0 Å². The van der Waals surface area contributed by atoms with Gasteiger partial charge in [-0.1, -0.05) is 18.2 Å². The molecule has 31 heavy (non-hydrogen) atoms. The molecule has 0 radical (unpaired) electrons. The summed E-state index contributed by atoms with van der Waals surface area (Å²) in [5, 5.41) is 10.8. The van der Waals surface area contributed by atoms with Crippen molar-refractivity contribution < 1.29 is 27.8 Å². The minimum Gasteiger partial charge on any atom is -0.439 e. The Hall–Kier alpha value is -3.85. The van der Waals surface area contributed by atoms with Gasteiger partial charge in [-0.15, -0.1) is 0 Å². The molecule has 1 amide bonds. The fraction of sp³-hybridized carbons (Fsp3) is 0.0909. The first kappa shape index (κ1) is 20.4. The lowest BCUT2D eigenvalue weighted by atomic mass is 10.1.